The average Bonchev–Trinajstić information content (AvgIpc) is 2.48. The van der Waals surface area contributed by atoms with Crippen molar-refractivity contribution in [1.82, 2.24) is 9.71 Å². The maximum Gasteiger partial charge on any atom is 0.244 e. The summed E-state index contributed by atoms with van der Waals surface area (Å²) in [5.41, 5.74) is 6.74. The Labute approximate surface area is 130 Å². The van der Waals surface area contributed by atoms with E-state index >= 15 is 0 Å². The van der Waals surface area contributed by atoms with E-state index in [0.29, 0.717) is 15.6 Å². The number of anilines is 1. The molecule has 2 rings (SSSR count). The van der Waals surface area contributed by atoms with E-state index in [1.165, 1.54) is 12.3 Å². The monoisotopic (exact) mass is 366 g/mol. The Hall–Kier alpha value is -1.95. The highest BCUT2D eigenvalue weighted by molar-refractivity contribution is 9.10. The molecule has 8 heteroatoms. The number of nitriles is 1. The molecule has 0 atom stereocenters. The highest BCUT2D eigenvalue weighted by Crippen LogP contribution is 2.20. The van der Waals surface area contributed by atoms with Crippen LogP contribution in [0.3, 0.4) is 0 Å². The van der Waals surface area contributed by atoms with Crippen molar-refractivity contribution in [2.75, 3.05) is 5.73 Å². The van der Waals surface area contributed by atoms with Crippen molar-refractivity contribution in [3.05, 3.63) is 52.1 Å². The van der Waals surface area contributed by atoms with Crippen LogP contribution in [0.5, 0.6) is 0 Å². The second kappa shape index (κ2) is 6.22. The number of nitrogens with zero attached hydrogens (tertiary/aromatic N) is 2. The van der Waals surface area contributed by atoms with Gasteiger partial charge in [-0.2, -0.15) is 5.26 Å². The molecule has 0 saturated heterocycles. The molecule has 108 valence electrons. The van der Waals surface area contributed by atoms with Crippen molar-refractivity contribution in [2.24, 2.45) is 0 Å². The molecule has 0 radical (unpaired) electrons. The molecular weight excluding hydrogens is 356 g/mol. The quantitative estimate of drug-likeness (QED) is 0.856. The number of nitrogen functional groups attached to an aromatic ring is 1. The molecule has 3 N–H and O–H groups in total. The van der Waals surface area contributed by atoms with Crippen molar-refractivity contribution >= 4 is 31.8 Å². The molecule has 0 unspecified atom stereocenters. The molecule has 2 aromatic rings. The molecular formula is C13H11BrN4O2S. The summed E-state index contributed by atoms with van der Waals surface area (Å²) in [4.78, 5) is 3.71. The summed E-state index contributed by atoms with van der Waals surface area (Å²) in [6, 6.07) is 10.1. The van der Waals surface area contributed by atoms with Gasteiger partial charge in [0.2, 0.25) is 10.0 Å². The van der Waals surface area contributed by atoms with Crippen LogP contribution in [0, 0.1) is 11.3 Å². The Morgan fingerprint density at radius 3 is 2.86 bits per heavy atom. The van der Waals surface area contributed by atoms with Crippen molar-refractivity contribution < 1.29 is 8.42 Å². The second-order valence-electron chi connectivity index (χ2n) is 4.17. The van der Waals surface area contributed by atoms with Crippen LogP contribution in [0.4, 0.5) is 5.82 Å². The zero-order valence-electron chi connectivity index (χ0n) is 10.7. The van der Waals surface area contributed by atoms with E-state index in [4.69, 9.17) is 11.0 Å². The molecule has 1 heterocycles. The third-order valence-corrected chi connectivity index (χ3v) is 4.52. The first-order valence-electron chi connectivity index (χ1n) is 5.82. The molecule has 0 amide bonds. The van der Waals surface area contributed by atoms with Gasteiger partial charge in [0.15, 0.2) is 0 Å². The number of nitrogens with two attached hydrogens (primary N) is 1. The SMILES string of the molecule is N#Cc1cccc(CNS(=O)(=O)c2cc(Br)cnc2N)c1. The third-order valence-electron chi connectivity index (χ3n) is 2.66. The first-order chi connectivity index (χ1) is 9.92. The van der Waals surface area contributed by atoms with Crippen LogP contribution < -0.4 is 10.5 Å². The van der Waals surface area contributed by atoms with Gasteiger partial charge in [-0.3, -0.25) is 0 Å². The minimum atomic E-state index is -3.78. The maximum atomic E-state index is 12.2. The Morgan fingerprint density at radius 1 is 1.38 bits per heavy atom. The number of hydrogen-bond donors (Lipinski definition) is 2. The first kappa shape index (κ1) is 15.4. The van der Waals surface area contributed by atoms with Gasteiger partial charge in [0.1, 0.15) is 10.7 Å². The predicted octanol–water partition coefficient (Wildman–Crippen LogP) is 1.78. The minimum Gasteiger partial charge on any atom is -0.383 e. The fraction of sp³-hybridized carbons (Fsp3) is 0.0769. The van der Waals surface area contributed by atoms with E-state index < -0.39 is 10.0 Å². The molecule has 0 fully saturated rings. The van der Waals surface area contributed by atoms with Gasteiger partial charge in [-0.05, 0) is 39.7 Å². The number of halogens is 1. The van der Waals surface area contributed by atoms with Crippen LogP contribution in [0.25, 0.3) is 0 Å². The fourth-order valence-electron chi connectivity index (χ4n) is 1.65. The molecule has 1 aromatic heterocycles. The topological polar surface area (TPSA) is 109 Å². The number of aromatic nitrogens is 1. The first-order valence-corrected chi connectivity index (χ1v) is 8.10. The Bertz CT molecular complexity index is 815. The number of benzene rings is 1. The molecule has 0 aliphatic heterocycles. The summed E-state index contributed by atoms with van der Waals surface area (Å²) in [6.07, 6.45) is 1.42. The molecule has 0 saturated carbocycles. The zero-order chi connectivity index (χ0) is 15.5. The van der Waals surface area contributed by atoms with Gasteiger partial charge in [-0.15, -0.1) is 0 Å². The third kappa shape index (κ3) is 3.78. The fourth-order valence-corrected chi connectivity index (χ4v) is 3.26. The molecule has 0 aliphatic carbocycles. The molecule has 6 nitrogen and oxygen atoms in total. The van der Waals surface area contributed by atoms with Gasteiger partial charge in [0.25, 0.3) is 0 Å². The highest BCUT2D eigenvalue weighted by atomic mass is 79.9. The summed E-state index contributed by atoms with van der Waals surface area (Å²) in [7, 11) is -3.78. The lowest BCUT2D eigenvalue weighted by Gasteiger charge is -2.09. The van der Waals surface area contributed by atoms with Gasteiger partial charge in [0.05, 0.1) is 11.6 Å². The Morgan fingerprint density at radius 2 is 2.14 bits per heavy atom. The van der Waals surface area contributed by atoms with E-state index in [-0.39, 0.29) is 17.3 Å². The van der Waals surface area contributed by atoms with E-state index in [1.54, 1.807) is 24.3 Å². The molecule has 0 spiro atoms. The number of sulfonamides is 1. The largest absolute Gasteiger partial charge is 0.383 e. The summed E-state index contributed by atoms with van der Waals surface area (Å²) in [5.74, 6) is -0.0727. The van der Waals surface area contributed by atoms with Gasteiger partial charge in [0, 0.05) is 17.2 Å². The van der Waals surface area contributed by atoms with Crippen molar-refractivity contribution in [3.63, 3.8) is 0 Å². The van der Waals surface area contributed by atoms with Crippen LogP contribution in [-0.2, 0) is 16.6 Å². The minimum absolute atomic E-state index is 0.0593. The van der Waals surface area contributed by atoms with Crippen LogP contribution in [0.1, 0.15) is 11.1 Å². The summed E-state index contributed by atoms with van der Waals surface area (Å²) in [5, 5.41) is 8.82. The standard InChI is InChI=1S/C13H11BrN4O2S/c14-11-5-12(13(16)17-8-11)21(19,20)18-7-10-3-1-2-9(4-10)6-15/h1-5,8,18H,7H2,(H2,16,17). The average molecular weight is 367 g/mol. The van der Waals surface area contributed by atoms with E-state index in [9.17, 15) is 8.42 Å². The highest BCUT2D eigenvalue weighted by Gasteiger charge is 2.18. The van der Waals surface area contributed by atoms with Gasteiger partial charge < -0.3 is 5.73 Å². The Kier molecular flexibility index (Phi) is 4.57. The predicted molar refractivity (Wildman–Crippen MR) is 81.5 cm³/mol. The summed E-state index contributed by atoms with van der Waals surface area (Å²) < 4.78 is 27.4. The molecule has 0 aliphatic rings. The lowest BCUT2D eigenvalue weighted by Crippen LogP contribution is -2.24. The van der Waals surface area contributed by atoms with Crippen LogP contribution in [-0.4, -0.2) is 13.4 Å². The normalized spacial score (nSPS) is 11.0. The maximum absolute atomic E-state index is 12.2. The number of hydrogen-bond acceptors (Lipinski definition) is 5. The lowest BCUT2D eigenvalue weighted by atomic mass is 10.1. The van der Waals surface area contributed by atoms with Gasteiger partial charge in [-0.1, -0.05) is 12.1 Å². The van der Waals surface area contributed by atoms with Crippen LogP contribution in [0.15, 0.2) is 45.9 Å². The number of pyridine rings is 1. The van der Waals surface area contributed by atoms with Crippen LogP contribution >= 0.6 is 15.9 Å². The van der Waals surface area contributed by atoms with E-state index in [0.717, 1.165) is 0 Å². The molecule has 0 bridgehead atoms. The van der Waals surface area contributed by atoms with Crippen molar-refractivity contribution in [2.45, 2.75) is 11.4 Å². The molecule has 1 aromatic carbocycles. The zero-order valence-corrected chi connectivity index (χ0v) is 13.1. The smallest absolute Gasteiger partial charge is 0.244 e. The van der Waals surface area contributed by atoms with Crippen molar-refractivity contribution in [3.8, 4) is 6.07 Å². The summed E-state index contributed by atoms with van der Waals surface area (Å²) >= 11 is 3.16. The molecule has 21 heavy (non-hydrogen) atoms. The second-order valence-corrected chi connectivity index (χ2v) is 6.82. The summed E-state index contributed by atoms with van der Waals surface area (Å²) in [6.45, 7) is 0.0593. The Balaban J connectivity index is 2.22. The van der Waals surface area contributed by atoms with E-state index in [1.807, 2.05) is 6.07 Å². The van der Waals surface area contributed by atoms with Crippen LogP contribution in [0.2, 0.25) is 0 Å². The number of rotatable bonds is 4. The van der Waals surface area contributed by atoms with Gasteiger partial charge >= 0.3 is 0 Å². The lowest BCUT2D eigenvalue weighted by molar-refractivity contribution is 0.581. The number of nitrogens with one attached hydrogen (secondary N) is 1. The van der Waals surface area contributed by atoms with Gasteiger partial charge in [-0.25, -0.2) is 18.1 Å². The van der Waals surface area contributed by atoms with Crippen molar-refractivity contribution in [1.29, 1.82) is 5.26 Å². The van der Waals surface area contributed by atoms with E-state index in [2.05, 4.69) is 25.6 Å².